The highest BCUT2D eigenvalue weighted by molar-refractivity contribution is 7.13. The molecule has 1 atom stereocenters. The fraction of sp³-hybridized carbons (Fsp3) is 0.625. The predicted octanol–water partition coefficient (Wildman–Crippen LogP) is 2.65. The second kappa shape index (κ2) is 7.09. The van der Waals surface area contributed by atoms with Gasteiger partial charge in [0.2, 0.25) is 0 Å². The SMILES string of the molecule is Cc1nc(C)c(C(=O)O[C@H](C)C(=O)NC2(C#N)CCCCC2)s1. The van der Waals surface area contributed by atoms with Crippen LogP contribution in [0.15, 0.2) is 0 Å². The molecule has 0 saturated heterocycles. The van der Waals surface area contributed by atoms with E-state index in [1.807, 2.05) is 6.92 Å². The standard InChI is InChI=1S/C16H21N3O3S/c1-10-13(23-12(3)18-10)15(21)22-11(2)14(20)19-16(9-17)7-5-4-6-8-16/h11H,4-8H2,1-3H3,(H,19,20)/t11-/m1/s1. The van der Waals surface area contributed by atoms with Crippen molar-refractivity contribution in [1.82, 2.24) is 10.3 Å². The summed E-state index contributed by atoms with van der Waals surface area (Å²) in [4.78, 5) is 29.0. The van der Waals surface area contributed by atoms with Crippen molar-refractivity contribution in [3.8, 4) is 6.07 Å². The molecule has 23 heavy (non-hydrogen) atoms. The highest BCUT2D eigenvalue weighted by Crippen LogP contribution is 2.27. The summed E-state index contributed by atoms with van der Waals surface area (Å²) in [5, 5.41) is 12.9. The number of carbonyl (C=O) groups excluding carboxylic acids is 2. The summed E-state index contributed by atoms with van der Waals surface area (Å²) in [7, 11) is 0. The van der Waals surface area contributed by atoms with Gasteiger partial charge in [0.05, 0.1) is 16.8 Å². The number of nitrogens with zero attached hydrogens (tertiary/aromatic N) is 2. The molecule has 1 fully saturated rings. The third-order valence-electron chi connectivity index (χ3n) is 4.03. The number of ether oxygens (including phenoxy) is 1. The summed E-state index contributed by atoms with van der Waals surface area (Å²) in [6.07, 6.45) is 3.25. The first-order chi connectivity index (χ1) is 10.9. The van der Waals surface area contributed by atoms with Crippen molar-refractivity contribution in [1.29, 1.82) is 5.26 Å². The van der Waals surface area contributed by atoms with Crippen LogP contribution in [0.3, 0.4) is 0 Å². The number of hydrogen-bond donors (Lipinski definition) is 1. The first-order valence-corrected chi connectivity index (χ1v) is 8.57. The summed E-state index contributed by atoms with van der Waals surface area (Å²) in [5.74, 6) is -0.980. The topological polar surface area (TPSA) is 92.1 Å². The highest BCUT2D eigenvalue weighted by Gasteiger charge is 2.35. The molecule has 0 spiro atoms. The normalized spacial score (nSPS) is 17.8. The minimum absolute atomic E-state index is 0.412. The molecule has 1 amide bonds. The molecule has 1 aromatic rings. The molecule has 0 aliphatic heterocycles. The molecule has 1 aliphatic rings. The van der Waals surface area contributed by atoms with E-state index in [0.717, 1.165) is 24.3 Å². The molecule has 1 heterocycles. The van der Waals surface area contributed by atoms with Gasteiger partial charge in [-0.2, -0.15) is 5.26 Å². The van der Waals surface area contributed by atoms with Crippen molar-refractivity contribution in [2.75, 3.05) is 0 Å². The average molecular weight is 335 g/mol. The maximum Gasteiger partial charge on any atom is 0.351 e. The highest BCUT2D eigenvalue weighted by atomic mass is 32.1. The Labute approximate surface area is 139 Å². The number of esters is 1. The van der Waals surface area contributed by atoms with E-state index < -0.39 is 23.5 Å². The lowest BCUT2D eigenvalue weighted by molar-refractivity contribution is -0.130. The van der Waals surface area contributed by atoms with Crippen LogP contribution in [0, 0.1) is 25.2 Å². The van der Waals surface area contributed by atoms with E-state index in [9.17, 15) is 14.9 Å². The second-order valence-electron chi connectivity index (χ2n) is 5.94. The van der Waals surface area contributed by atoms with Gasteiger partial charge in [-0.05, 0) is 33.6 Å². The van der Waals surface area contributed by atoms with Crippen LogP contribution in [-0.4, -0.2) is 28.5 Å². The van der Waals surface area contributed by atoms with Crippen LogP contribution >= 0.6 is 11.3 Å². The van der Waals surface area contributed by atoms with Gasteiger partial charge >= 0.3 is 5.97 Å². The number of aryl methyl sites for hydroxylation is 2. The number of hydrogen-bond acceptors (Lipinski definition) is 6. The quantitative estimate of drug-likeness (QED) is 0.854. The van der Waals surface area contributed by atoms with Gasteiger partial charge in [0, 0.05) is 0 Å². The summed E-state index contributed by atoms with van der Waals surface area (Å²) >= 11 is 1.25. The van der Waals surface area contributed by atoms with Gasteiger partial charge < -0.3 is 10.1 Å². The Morgan fingerprint density at radius 1 is 1.35 bits per heavy atom. The van der Waals surface area contributed by atoms with Gasteiger partial charge in [-0.1, -0.05) is 19.3 Å². The van der Waals surface area contributed by atoms with Crippen LogP contribution < -0.4 is 5.32 Å². The molecule has 6 nitrogen and oxygen atoms in total. The van der Waals surface area contributed by atoms with Gasteiger partial charge in [0.15, 0.2) is 6.10 Å². The molecular formula is C16H21N3O3S. The van der Waals surface area contributed by atoms with Crippen molar-refractivity contribution in [3.05, 3.63) is 15.6 Å². The average Bonchev–Trinajstić information content (AvgIpc) is 2.86. The number of rotatable bonds is 4. The van der Waals surface area contributed by atoms with E-state index >= 15 is 0 Å². The summed E-state index contributed by atoms with van der Waals surface area (Å²) < 4.78 is 5.23. The Morgan fingerprint density at radius 2 is 2.00 bits per heavy atom. The first kappa shape index (κ1) is 17.4. The van der Waals surface area contributed by atoms with E-state index in [4.69, 9.17) is 4.74 Å². The number of nitriles is 1. The van der Waals surface area contributed by atoms with E-state index in [1.54, 1.807) is 6.92 Å². The molecule has 2 rings (SSSR count). The Morgan fingerprint density at radius 3 is 2.52 bits per heavy atom. The zero-order valence-electron chi connectivity index (χ0n) is 13.6. The maximum absolute atomic E-state index is 12.3. The molecule has 1 aliphatic carbocycles. The van der Waals surface area contributed by atoms with E-state index in [0.29, 0.717) is 23.4 Å². The van der Waals surface area contributed by atoms with Crippen molar-refractivity contribution in [2.24, 2.45) is 0 Å². The fourth-order valence-corrected chi connectivity index (χ4v) is 3.55. The van der Waals surface area contributed by atoms with Crippen LogP contribution in [-0.2, 0) is 9.53 Å². The van der Waals surface area contributed by atoms with Crippen molar-refractivity contribution >= 4 is 23.2 Å². The van der Waals surface area contributed by atoms with Crippen LogP contribution in [0.5, 0.6) is 0 Å². The molecule has 0 unspecified atom stereocenters. The van der Waals surface area contributed by atoms with Gasteiger partial charge in [-0.25, -0.2) is 9.78 Å². The first-order valence-electron chi connectivity index (χ1n) is 7.75. The largest absolute Gasteiger partial charge is 0.448 e. The molecule has 1 N–H and O–H groups in total. The molecule has 0 bridgehead atoms. The molecule has 124 valence electrons. The number of amides is 1. The monoisotopic (exact) mass is 335 g/mol. The lowest BCUT2D eigenvalue weighted by Crippen LogP contribution is -2.52. The minimum atomic E-state index is -0.948. The van der Waals surface area contributed by atoms with E-state index in [2.05, 4.69) is 16.4 Å². The second-order valence-corrected chi connectivity index (χ2v) is 7.14. The summed E-state index contributed by atoms with van der Waals surface area (Å²) in [6.45, 7) is 5.06. The Balaban J connectivity index is 1.98. The smallest absolute Gasteiger partial charge is 0.351 e. The van der Waals surface area contributed by atoms with Crippen molar-refractivity contribution in [3.63, 3.8) is 0 Å². The molecule has 1 saturated carbocycles. The van der Waals surface area contributed by atoms with Crippen LogP contribution in [0.1, 0.15) is 59.4 Å². The molecule has 0 radical (unpaired) electrons. The Bertz CT molecular complexity index is 641. The Kier molecular flexibility index (Phi) is 5.37. The lowest BCUT2D eigenvalue weighted by Gasteiger charge is -2.32. The summed E-state index contributed by atoms with van der Waals surface area (Å²) in [6, 6.07) is 2.22. The third-order valence-corrected chi connectivity index (χ3v) is 5.08. The van der Waals surface area contributed by atoms with Gasteiger partial charge in [0.1, 0.15) is 10.4 Å². The summed E-state index contributed by atoms with van der Waals surface area (Å²) in [5.41, 5.74) is -0.224. The number of aromatic nitrogens is 1. The number of nitrogens with one attached hydrogen (secondary N) is 1. The van der Waals surface area contributed by atoms with E-state index in [-0.39, 0.29) is 0 Å². The van der Waals surface area contributed by atoms with Gasteiger partial charge in [0.25, 0.3) is 5.91 Å². The van der Waals surface area contributed by atoms with Crippen LogP contribution in [0.4, 0.5) is 0 Å². The zero-order chi connectivity index (χ0) is 17.0. The number of thiazole rings is 1. The van der Waals surface area contributed by atoms with Crippen LogP contribution in [0.25, 0.3) is 0 Å². The lowest BCUT2D eigenvalue weighted by atomic mass is 9.83. The van der Waals surface area contributed by atoms with Gasteiger partial charge in [-0.3, -0.25) is 4.79 Å². The number of carbonyl (C=O) groups is 2. The third kappa shape index (κ3) is 4.08. The van der Waals surface area contributed by atoms with Gasteiger partial charge in [-0.15, -0.1) is 11.3 Å². The zero-order valence-corrected chi connectivity index (χ0v) is 14.5. The van der Waals surface area contributed by atoms with Crippen molar-refractivity contribution < 1.29 is 14.3 Å². The molecule has 0 aromatic carbocycles. The molecule has 7 heteroatoms. The van der Waals surface area contributed by atoms with E-state index in [1.165, 1.54) is 18.3 Å². The van der Waals surface area contributed by atoms with Crippen molar-refractivity contribution in [2.45, 2.75) is 64.5 Å². The predicted molar refractivity (Wildman–Crippen MR) is 86.0 cm³/mol. The fourth-order valence-electron chi connectivity index (χ4n) is 2.75. The minimum Gasteiger partial charge on any atom is -0.448 e. The Hall–Kier alpha value is -1.94. The molecule has 1 aromatic heterocycles. The van der Waals surface area contributed by atoms with Crippen LogP contribution in [0.2, 0.25) is 0 Å². The maximum atomic E-state index is 12.3. The molecular weight excluding hydrogens is 314 g/mol.